The highest BCUT2D eigenvalue weighted by molar-refractivity contribution is 7.92. The number of hydrogen-bond donors (Lipinski definition) is 0. The van der Waals surface area contributed by atoms with E-state index in [9.17, 15) is 18.0 Å². The van der Waals surface area contributed by atoms with Gasteiger partial charge >= 0.3 is 5.97 Å². The topological polar surface area (TPSA) is 100 Å². The van der Waals surface area contributed by atoms with Crippen LogP contribution < -0.4 is 9.21 Å². The van der Waals surface area contributed by atoms with Gasteiger partial charge in [-0.2, -0.15) is 0 Å². The van der Waals surface area contributed by atoms with E-state index in [-0.39, 0.29) is 29.7 Å². The molecule has 1 amide bonds. The van der Waals surface area contributed by atoms with Gasteiger partial charge in [0, 0.05) is 54.9 Å². The lowest BCUT2D eigenvalue weighted by atomic mass is 10.1. The van der Waals surface area contributed by atoms with Crippen LogP contribution in [0.25, 0.3) is 11.0 Å². The number of rotatable bonds is 10. The van der Waals surface area contributed by atoms with Gasteiger partial charge in [0.1, 0.15) is 5.58 Å². The average molecular weight is 652 g/mol. The molecule has 1 aromatic heterocycles. The number of piperazine rings is 1. The molecule has 2 heterocycles. The summed E-state index contributed by atoms with van der Waals surface area (Å²) in [6.07, 6.45) is 0.513. The van der Waals surface area contributed by atoms with Crippen LogP contribution in [0.5, 0.6) is 0 Å². The number of benzene rings is 4. The molecule has 4 aromatic carbocycles. The first-order valence-corrected chi connectivity index (χ1v) is 17.2. The summed E-state index contributed by atoms with van der Waals surface area (Å²) in [6, 6.07) is 31.3. The fourth-order valence-electron chi connectivity index (χ4n) is 5.90. The van der Waals surface area contributed by atoms with Gasteiger partial charge in [0.05, 0.1) is 17.2 Å². The summed E-state index contributed by atoms with van der Waals surface area (Å²) in [5.41, 5.74) is 4.15. The van der Waals surface area contributed by atoms with E-state index in [4.69, 9.17) is 9.15 Å². The maximum absolute atomic E-state index is 14.3. The fraction of sp³-hybridized carbons (Fsp3) is 0.243. The minimum atomic E-state index is -4.02. The molecule has 1 aliphatic rings. The third-order valence-electron chi connectivity index (χ3n) is 8.49. The number of ether oxygens (including phenoxy) is 1. The lowest BCUT2D eigenvalue weighted by Gasteiger charge is -2.36. The second-order valence-electron chi connectivity index (χ2n) is 11.4. The summed E-state index contributed by atoms with van der Waals surface area (Å²) in [5.74, 6) is -0.488. The van der Waals surface area contributed by atoms with Crippen molar-refractivity contribution in [1.82, 2.24) is 4.90 Å². The fourth-order valence-corrected chi connectivity index (χ4v) is 7.40. The van der Waals surface area contributed by atoms with Crippen LogP contribution >= 0.6 is 0 Å². The predicted molar refractivity (Wildman–Crippen MR) is 183 cm³/mol. The molecule has 0 radical (unpaired) electrons. The molecule has 0 aliphatic carbocycles. The van der Waals surface area contributed by atoms with Crippen LogP contribution in [0.4, 0.5) is 11.4 Å². The van der Waals surface area contributed by atoms with E-state index in [1.807, 2.05) is 89.8 Å². The van der Waals surface area contributed by atoms with Crippen molar-refractivity contribution < 1.29 is 27.2 Å². The minimum absolute atomic E-state index is 0.0285. The van der Waals surface area contributed by atoms with Gasteiger partial charge in [0.15, 0.2) is 0 Å². The Morgan fingerprint density at radius 3 is 2.17 bits per heavy atom. The first-order chi connectivity index (χ1) is 22.8. The molecule has 10 heteroatoms. The van der Waals surface area contributed by atoms with Gasteiger partial charge in [-0.1, -0.05) is 48.5 Å². The number of amides is 1. The van der Waals surface area contributed by atoms with Gasteiger partial charge in [0.2, 0.25) is 5.76 Å². The number of carbonyl (C=O) groups excluding carboxylic acids is 2. The zero-order chi connectivity index (χ0) is 33.0. The molecule has 6 rings (SSSR count). The van der Waals surface area contributed by atoms with Crippen LogP contribution in [0.1, 0.15) is 39.0 Å². The lowest BCUT2D eigenvalue weighted by Crippen LogP contribution is -2.48. The third kappa shape index (κ3) is 6.73. The standard InChI is InChI=1S/C37H37N3O6S/c1-3-45-37(42)35-27(2)33-26-32(18-19-34(33)46-35)47(43,44)40(21-20-28-10-6-4-7-11-28)31-16-14-30(15-17-31)38-22-24-39(25-23-38)36(41)29-12-8-5-9-13-29/h4-19,26H,3,20-25H2,1-2H3. The van der Waals surface area contributed by atoms with Crippen LogP contribution in [0.3, 0.4) is 0 Å². The second kappa shape index (κ2) is 13.7. The van der Waals surface area contributed by atoms with Gasteiger partial charge in [-0.05, 0) is 80.4 Å². The van der Waals surface area contributed by atoms with Crippen LogP contribution in [0.2, 0.25) is 0 Å². The Hall–Kier alpha value is -5.09. The van der Waals surface area contributed by atoms with Crippen molar-refractivity contribution in [2.75, 3.05) is 48.5 Å². The van der Waals surface area contributed by atoms with Crippen molar-refractivity contribution in [2.45, 2.75) is 25.2 Å². The first kappa shape index (κ1) is 31.9. The van der Waals surface area contributed by atoms with Crippen LogP contribution in [0, 0.1) is 6.92 Å². The number of hydrogen-bond acceptors (Lipinski definition) is 7. The van der Waals surface area contributed by atoms with Crippen molar-refractivity contribution >= 4 is 44.2 Å². The first-order valence-electron chi connectivity index (χ1n) is 15.7. The highest BCUT2D eigenvalue weighted by Crippen LogP contribution is 2.32. The number of furan rings is 1. The van der Waals surface area contributed by atoms with Gasteiger partial charge in [0.25, 0.3) is 15.9 Å². The molecule has 47 heavy (non-hydrogen) atoms. The van der Waals surface area contributed by atoms with E-state index in [0.29, 0.717) is 60.4 Å². The molecule has 5 aromatic rings. The number of anilines is 2. The van der Waals surface area contributed by atoms with Crippen LogP contribution in [-0.2, 0) is 21.2 Å². The Kier molecular flexibility index (Phi) is 9.31. The molecule has 0 saturated carbocycles. The maximum Gasteiger partial charge on any atom is 0.374 e. The summed E-state index contributed by atoms with van der Waals surface area (Å²) < 4.78 is 40.9. The molecule has 0 N–H and O–H groups in total. The number of esters is 1. The number of fused-ring (bicyclic) bond motifs is 1. The Balaban J connectivity index is 1.25. The quantitative estimate of drug-likeness (QED) is 0.163. The highest BCUT2D eigenvalue weighted by atomic mass is 32.2. The van der Waals surface area contributed by atoms with E-state index in [1.165, 1.54) is 10.4 Å². The van der Waals surface area contributed by atoms with Crippen molar-refractivity contribution in [3.8, 4) is 0 Å². The van der Waals surface area contributed by atoms with Crippen molar-refractivity contribution in [2.24, 2.45) is 0 Å². The molecular weight excluding hydrogens is 614 g/mol. The second-order valence-corrected chi connectivity index (χ2v) is 13.3. The van der Waals surface area contributed by atoms with Crippen LogP contribution in [0.15, 0.2) is 112 Å². The molecule has 0 atom stereocenters. The number of nitrogens with zero attached hydrogens (tertiary/aromatic N) is 3. The minimum Gasteiger partial charge on any atom is -0.460 e. The summed E-state index contributed by atoms with van der Waals surface area (Å²) in [6.45, 7) is 6.40. The summed E-state index contributed by atoms with van der Waals surface area (Å²) in [5, 5.41) is 0.539. The molecular formula is C37H37N3O6S. The van der Waals surface area contributed by atoms with E-state index >= 15 is 0 Å². The molecule has 9 nitrogen and oxygen atoms in total. The third-order valence-corrected chi connectivity index (χ3v) is 10.3. The van der Waals surface area contributed by atoms with Crippen molar-refractivity contribution in [3.63, 3.8) is 0 Å². The molecule has 0 bridgehead atoms. The van der Waals surface area contributed by atoms with Crippen LogP contribution in [-0.4, -0.2) is 64.5 Å². The lowest BCUT2D eigenvalue weighted by molar-refractivity contribution is 0.0491. The monoisotopic (exact) mass is 651 g/mol. The van der Waals surface area contributed by atoms with E-state index in [2.05, 4.69) is 4.90 Å². The Labute approximate surface area is 275 Å². The van der Waals surface area contributed by atoms with Gasteiger partial charge < -0.3 is 19.0 Å². The SMILES string of the molecule is CCOC(=O)c1oc2ccc(S(=O)(=O)N(CCc3ccccc3)c3ccc(N4CCN(C(=O)c5ccccc5)CC4)cc3)cc2c1C. The van der Waals surface area contributed by atoms with Crippen molar-refractivity contribution in [1.29, 1.82) is 0 Å². The summed E-state index contributed by atoms with van der Waals surface area (Å²) in [7, 11) is -4.02. The van der Waals surface area contributed by atoms with Gasteiger partial charge in [-0.15, -0.1) is 0 Å². The van der Waals surface area contributed by atoms with Crippen molar-refractivity contribution in [3.05, 3.63) is 126 Å². The molecule has 1 saturated heterocycles. The highest BCUT2D eigenvalue weighted by Gasteiger charge is 2.28. The normalized spacial score (nSPS) is 13.5. The average Bonchev–Trinajstić information content (AvgIpc) is 3.45. The van der Waals surface area contributed by atoms with E-state index in [1.54, 1.807) is 26.0 Å². The molecule has 0 spiro atoms. The largest absolute Gasteiger partial charge is 0.460 e. The zero-order valence-electron chi connectivity index (χ0n) is 26.5. The summed E-state index contributed by atoms with van der Waals surface area (Å²) in [4.78, 5) is 29.5. The molecule has 0 unspecified atom stereocenters. The van der Waals surface area contributed by atoms with E-state index in [0.717, 1.165) is 11.3 Å². The smallest absolute Gasteiger partial charge is 0.374 e. The zero-order valence-corrected chi connectivity index (χ0v) is 27.3. The van der Waals surface area contributed by atoms with Gasteiger partial charge in [-0.25, -0.2) is 13.2 Å². The summed E-state index contributed by atoms with van der Waals surface area (Å²) >= 11 is 0. The number of sulfonamides is 1. The van der Waals surface area contributed by atoms with E-state index < -0.39 is 16.0 Å². The molecule has 1 aliphatic heterocycles. The number of carbonyl (C=O) groups is 2. The Morgan fingerprint density at radius 2 is 1.51 bits per heavy atom. The maximum atomic E-state index is 14.3. The molecule has 242 valence electrons. The van der Waals surface area contributed by atoms with Gasteiger partial charge in [-0.3, -0.25) is 9.10 Å². The number of aryl methyl sites for hydroxylation is 1. The Morgan fingerprint density at radius 1 is 0.851 bits per heavy atom. The predicted octanol–water partition coefficient (Wildman–Crippen LogP) is 6.32. The Bertz CT molecular complexity index is 1970. The molecule has 1 fully saturated rings.